The molecular formula is C10H18N2O4. The molecule has 1 aliphatic heterocycles. The van der Waals surface area contributed by atoms with Gasteiger partial charge in [0.25, 0.3) is 0 Å². The van der Waals surface area contributed by atoms with E-state index in [1.54, 1.807) is 4.90 Å². The van der Waals surface area contributed by atoms with Crippen LogP contribution in [0.4, 0.5) is 4.79 Å². The molecule has 1 heterocycles. The van der Waals surface area contributed by atoms with Crippen molar-refractivity contribution in [3.05, 3.63) is 0 Å². The smallest absolute Gasteiger partial charge is 0.328 e. The maximum absolute atomic E-state index is 11.7. The Morgan fingerprint density at radius 2 is 1.88 bits per heavy atom. The number of carbonyl (C=O) groups excluding carboxylic acids is 1. The highest BCUT2D eigenvalue weighted by atomic mass is 16.4. The van der Waals surface area contributed by atoms with E-state index < -0.39 is 24.6 Å². The van der Waals surface area contributed by atoms with Crippen LogP contribution in [0, 0.1) is 11.8 Å². The second kappa shape index (κ2) is 5.16. The van der Waals surface area contributed by atoms with E-state index in [1.807, 2.05) is 0 Å². The van der Waals surface area contributed by atoms with Gasteiger partial charge in [-0.15, -0.1) is 0 Å². The van der Waals surface area contributed by atoms with Gasteiger partial charge in [-0.2, -0.15) is 0 Å². The Hall–Kier alpha value is -1.30. The second-order valence-electron chi connectivity index (χ2n) is 4.38. The van der Waals surface area contributed by atoms with Gasteiger partial charge < -0.3 is 20.4 Å². The minimum absolute atomic E-state index is 0.419. The normalized spacial score (nSPS) is 26.6. The molecule has 6 heteroatoms. The van der Waals surface area contributed by atoms with E-state index in [4.69, 9.17) is 10.2 Å². The molecule has 16 heavy (non-hydrogen) atoms. The predicted molar refractivity (Wildman–Crippen MR) is 56.9 cm³/mol. The van der Waals surface area contributed by atoms with Crippen LogP contribution in [0.25, 0.3) is 0 Å². The highest BCUT2D eigenvalue weighted by Gasteiger charge is 2.31. The lowest BCUT2D eigenvalue weighted by atomic mass is 10.0. The summed E-state index contributed by atoms with van der Waals surface area (Å²) in [6.07, 6.45) is 0. The Bertz CT molecular complexity index is 272. The molecule has 1 saturated heterocycles. The van der Waals surface area contributed by atoms with Gasteiger partial charge in [0.05, 0.1) is 6.61 Å². The van der Waals surface area contributed by atoms with Crippen molar-refractivity contribution >= 4 is 12.0 Å². The number of nitrogens with one attached hydrogen (secondary N) is 1. The fraction of sp³-hybridized carbons (Fsp3) is 0.800. The molecule has 3 unspecified atom stereocenters. The summed E-state index contributed by atoms with van der Waals surface area (Å²) >= 11 is 0. The Morgan fingerprint density at radius 3 is 2.25 bits per heavy atom. The molecule has 0 aliphatic carbocycles. The highest BCUT2D eigenvalue weighted by molar-refractivity contribution is 5.82. The van der Waals surface area contributed by atoms with E-state index in [0.717, 1.165) is 0 Å². The summed E-state index contributed by atoms with van der Waals surface area (Å²) in [5.74, 6) is -0.387. The summed E-state index contributed by atoms with van der Waals surface area (Å²) < 4.78 is 0. The first-order chi connectivity index (χ1) is 7.45. The third-order valence-electron chi connectivity index (χ3n) is 3.05. The molecule has 1 rings (SSSR count). The maximum atomic E-state index is 11.7. The molecule has 0 bridgehead atoms. The summed E-state index contributed by atoms with van der Waals surface area (Å²) in [5.41, 5.74) is 0. The molecule has 0 aromatic carbocycles. The van der Waals surface area contributed by atoms with Gasteiger partial charge in [0.2, 0.25) is 0 Å². The van der Waals surface area contributed by atoms with E-state index in [1.165, 1.54) is 0 Å². The zero-order valence-electron chi connectivity index (χ0n) is 9.51. The molecule has 0 radical (unpaired) electrons. The summed E-state index contributed by atoms with van der Waals surface area (Å²) in [4.78, 5) is 23.9. The average molecular weight is 230 g/mol. The van der Waals surface area contributed by atoms with Gasteiger partial charge in [0.1, 0.15) is 0 Å². The molecule has 0 spiro atoms. The second-order valence-corrected chi connectivity index (χ2v) is 4.38. The van der Waals surface area contributed by atoms with Gasteiger partial charge in [-0.3, -0.25) is 0 Å². The number of aliphatic carboxylic acids is 1. The summed E-state index contributed by atoms with van der Waals surface area (Å²) in [6, 6.07) is -1.64. The molecule has 3 N–H and O–H groups in total. The molecule has 1 fully saturated rings. The first-order valence-electron chi connectivity index (χ1n) is 5.34. The molecule has 6 nitrogen and oxygen atoms in total. The highest BCUT2D eigenvalue weighted by Crippen LogP contribution is 2.21. The topological polar surface area (TPSA) is 89.9 Å². The standard InChI is InChI=1S/C10H18N2O4/c1-6-3-12(4-7(6)2)10(16)11-8(5-13)9(14)15/h6-8,13H,3-5H2,1-2H3,(H,11,16)(H,14,15). The lowest BCUT2D eigenvalue weighted by Gasteiger charge is -2.19. The van der Waals surface area contributed by atoms with Crippen molar-refractivity contribution < 1.29 is 19.8 Å². The van der Waals surface area contributed by atoms with Crippen LogP contribution in [0.15, 0.2) is 0 Å². The fourth-order valence-electron chi connectivity index (χ4n) is 1.72. The zero-order chi connectivity index (χ0) is 12.3. The Labute approximate surface area is 94.2 Å². The predicted octanol–water partition coefficient (Wildman–Crippen LogP) is -0.271. The van der Waals surface area contributed by atoms with Gasteiger partial charge in [-0.1, -0.05) is 13.8 Å². The van der Waals surface area contributed by atoms with Crippen molar-refractivity contribution in [2.24, 2.45) is 11.8 Å². The molecule has 1 aliphatic rings. The van der Waals surface area contributed by atoms with Crippen LogP contribution in [0.3, 0.4) is 0 Å². The number of carboxylic acids is 1. The Balaban J connectivity index is 2.50. The van der Waals surface area contributed by atoms with E-state index in [2.05, 4.69) is 19.2 Å². The summed E-state index contributed by atoms with van der Waals surface area (Å²) in [6.45, 7) is 4.77. The molecule has 0 aromatic rings. The third-order valence-corrected chi connectivity index (χ3v) is 3.05. The number of aliphatic hydroxyl groups excluding tert-OH is 1. The van der Waals surface area contributed by atoms with Crippen molar-refractivity contribution in [1.29, 1.82) is 0 Å². The van der Waals surface area contributed by atoms with Gasteiger partial charge in [-0.05, 0) is 11.8 Å². The van der Waals surface area contributed by atoms with Crippen molar-refractivity contribution in [1.82, 2.24) is 10.2 Å². The number of hydrogen-bond donors (Lipinski definition) is 3. The summed E-state index contributed by atoms with van der Waals surface area (Å²) in [7, 11) is 0. The van der Waals surface area contributed by atoms with E-state index in [9.17, 15) is 9.59 Å². The number of aliphatic hydroxyl groups is 1. The lowest BCUT2D eigenvalue weighted by molar-refractivity contribution is -0.140. The Kier molecular flexibility index (Phi) is 4.12. The molecule has 92 valence electrons. The van der Waals surface area contributed by atoms with E-state index in [0.29, 0.717) is 24.9 Å². The van der Waals surface area contributed by atoms with Crippen molar-refractivity contribution in [2.45, 2.75) is 19.9 Å². The zero-order valence-corrected chi connectivity index (χ0v) is 9.51. The number of rotatable bonds is 3. The molecule has 0 aromatic heterocycles. The van der Waals surface area contributed by atoms with Crippen LogP contribution < -0.4 is 5.32 Å². The molecular weight excluding hydrogens is 212 g/mol. The lowest BCUT2D eigenvalue weighted by Crippen LogP contribution is -2.49. The van der Waals surface area contributed by atoms with Crippen molar-refractivity contribution in [3.8, 4) is 0 Å². The minimum atomic E-state index is -1.23. The van der Waals surface area contributed by atoms with Crippen LogP contribution in [-0.2, 0) is 4.79 Å². The van der Waals surface area contributed by atoms with Crippen LogP contribution >= 0.6 is 0 Å². The Morgan fingerprint density at radius 1 is 1.38 bits per heavy atom. The van der Waals surface area contributed by atoms with Gasteiger partial charge in [-0.25, -0.2) is 9.59 Å². The SMILES string of the molecule is CC1CN(C(=O)NC(CO)C(=O)O)CC1C. The number of hydrogen-bond acceptors (Lipinski definition) is 3. The summed E-state index contributed by atoms with van der Waals surface area (Å²) in [5, 5.41) is 19.7. The van der Waals surface area contributed by atoms with Gasteiger partial charge in [0.15, 0.2) is 6.04 Å². The van der Waals surface area contributed by atoms with Gasteiger partial charge in [0, 0.05) is 13.1 Å². The monoisotopic (exact) mass is 230 g/mol. The fourth-order valence-corrected chi connectivity index (χ4v) is 1.72. The quantitative estimate of drug-likeness (QED) is 0.622. The molecule has 2 amide bonds. The number of urea groups is 1. The number of likely N-dealkylation sites (tertiary alicyclic amines) is 1. The molecule has 0 saturated carbocycles. The number of carbonyl (C=O) groups is 2. The molecule has 3 atom stereocenters. The van der Waals surface area contributed by atoms with Crippen LogP contribution in [0.5, 0.6) is 0 Å². The number of amides is 2. The maximum Gasteiger partial charge on any atom is 0.328 e. The third kappa shape index (κ3) is 2.85. The van der Waals surface area contributed by atoms with Crippen LogP contribution in [-0.4, -0.2) is 52.9 Å². The largest absolute Gasteiger partial charge is 0.480 e. The van der Waals surface area contributed by atoms with E-state index in [-0.39, 0.29) is 0 Å². The van der Waals surface area contributed by atoms with Crippen LogP contribution in [0.2, 0.25) is 0 Å². The van der Waals surface area contributed by atoms with Crippen molar-refractivity contribution in [2.75, 3.05) is 19.7 Å². The van der Waals surface area contributed by atoms with Gasteiger partial charge >= 0.3 is 12.0 Å². The van der Waals surface area contributed by atoms with Crippen LogP contribution in [0.1, 0.15) is 13.8 Å². The first kappa shape index (κ1) is 12.8. The minimum Gasteiger partial charge on any atom is -0.480 e. The number of nitrogens with zero attached hydrogens (tertiary/aromatic N) is 1. The van der Waals surface area contributed by atoms with E-state index >= 15 is 0 Å². The van der Waals surface area contributed by atoms with Crippen molar-refractivity contribution in [3.63, 3.8) is 0 Å². The first-order valence-corrected chi connectivity index (χ1v) is 5.34. The number of carboxylic acid groups (broad SMARTS) is 1. The average Bonchev–Trinajstić information content (AvgIpc) is 2.55.